The van der Waals surface area contributed by atoms with Gasteiger partial charge in [0.2, 0.25) is 0 Å². The molecule has 0 atom stereocenters. The summed E-state index contributed by atoms with van der Waals surface area (Å²) in [5.74, 6) is -0.483. The average Bonchev–Trinajstić information content (AvgIpc) is 2.63. The van der Waals surface area contributed by atoms with Crippen molar-refractivity contribution in [1.82, 2.24) is 14.5 Å². The summed E-state index contributed by atoms with van der Waals surface area (Å²) < 4.78 is 45.5. The number of methoxy groups -OCH3 is 1. The van der Waals surface area contributed by atoms with Crippen LogP contribution >= 0.6 is 0 Å². The fraction of sp³-hybridized carbons (Fsp3) is 0.118. The van der Waals surface area contributed by atoms with Crippen molar-refractivity contribution in [3.8, 4) is 22.7 Å². The summed E-state index contributed by atoms with van der Waals surface area (Å²) in [4.78, 5) is 19.6. The lowest BCUT2D eigenvalue weighted by atomic mass is 10.1. The van der Waals surface area contributed by atoms with E-state index in [0.29, 0.717) is 11.1 Å². The Kier molecular flexibility index (Phi) is 4.51. The zero-order valence-corrected chi connectivity index (χ0v) is 13.0. The second kappa shape index (κ2) is 6.76. The lowest BCUT2D eigenvalue weighted by Crippen LogP contribution is -2.21. The Morgan fingerprint density at radius 1 is 1.20 bits per heavy atom. The third-order valence-corrected chi connectivity index (χ3v) is 3.54. The largest absolute Gasteiger partial charge is 0.494 e. The van der Waals surface area contributed by atoms with Crippen LogP contribution in [0.5, 0.6) is 5.75 Å². The first-order valence-electron chi connectivity index (χ1n) is 7.17. The molecular weight excluding hydrogens is 335 g/mol. The molecule has 0 spiro atoms. The van der Waals surface area contributed by atoms with Crippen LogP contribution in [-0.4, -0.2) is 21.6 Å². The number of alkyl halides is 2. The van der Waals surface area contributed by atoms with Gasteiger partial charge in [0.15, 0.2) is 5.82 Å². The second-order valence-electron chi connectivity index (χ2n) is 5.04. The number of halogens is 3. The monoisotopic (exact) mass is 347 g/mol. The smallest absolute Gasteiger partial charge is 0.292 e. The number of nitrogens with zero attached hydrogens (tertiary/aromatic N) is 3. The van der Waals surface area contributed by atoms with E-state index in [1.165, 1.54) is 43.9 Å². The standard InChI is InChI=1S/C17H12F3N3O2/c1-25-14-9-22-13(16(19)20)8-11(14)10-4-5-21-15(7-10)23-6-2-3-12(18)17(23)24/h2-9,16H,1H3. The molecule has 0 fully saturated rings. The number of aromatic nitrogens is 3. The molecule has 0 aliphatic carbocycles. The number of hydrogen-bond donors (Lipinski definition) is 0. The van der Waals surface area contributed by atoms with Crippen LogP contribution in [-0.2, 0) is 0 Å². The van der Waals surface area contributed by atoms with Crippen LogP contribution in [0.25, 0.3) is 16.9 Å². The molecule has 0 unspecified atom stereocenters. The number of pyridine rings is 3. The molecular formula is C17H12F3N3O2. The summed E-state index contributed by atoms with van der Waals surface area (Å²) in [5.41, 5.74) is -0.428. The van der Waals surface area contributed by atoms with E-state index in [1.807, 2.05) is 0 Å². The van der Waals surface area contributed by atoms with Gasteiger partial charge in [-0.05, 0) is 35.9 Å². The summed E-state index contributed by atoms with van der Waals surface area (Å²) in [6.45, 7) is 0. The minimum absolute atomic E-state index is 0.152. The maximum Gasteiger partial charge on any atom is 0.292 e. The molecule has 3 aromatic rings. The van der Waals surface area contributed by atoms with Crippen LogP contribution in [0.15, 0.2) is 53.7 Å². The molecule has 0 bridgehead atoms. The molecule has 25 heavy (non-hydrogen) atoms. The lowest BCUT2D eigenvalue weighted by Gasteiger charge is -2.11. The Labute approximate surface area is 140 Å². The van der Waals surface area contributed by atoms with E-state index >= 15 is 0 Å². The number of ether oxygens (including phenoxy) is 1. The van der Waals surface area contributed by atoms with E-state index in [2.05, 4.69) is 9.97 Å². The van der Waals surface area contributed by atoms with E-state index in [1.54, 1.807) is 6.07 Å². The summed E-state index contributed by atoms with van der Waals surface area (Å²) in [7, 11) is 1.39. The zero-order chi connectivity index (χ0) is 18.0. The fourth-order valence-electron chi connectivity index (χ4n) is 2.33. The van der Waals surface area contributed by atoms with Gasteiger partial charge in [-0.2, -0.15) is 0 Å². The van der Waals surface area contributed by atoms with E-state index < -0.39 is 23.5 Å². The number of hydrogen-bond acceptors (Lipinski definition) is 4. The van der Waals surface area contributed by atoms with E-state index in [4.69, 9.17) is 4.74 Å². The molecule has 0 aliphatic heterocycles. The summed E-state index contributed by atoms with van der Waals surface area (Å²) in [6.07, 6.45) is 1.22. The van der Waals surface area contributed by atoms with E-state index in [9.17, 15) is 18.0 Å². The van der Waals surface area contributed by atoms with Crippen LogP contribution in [0.1, 0.15) is 12.1 Å². The third kappa shape index (κ3) is 3.23. The van der Waals surface area contributed by atoms with E-state index in [-0.39, 0.29) is 11.6 Å². The van der Waals surface area contributed by atoms with E-state index in [0.717, 1.165) is 10.6 Å². The van der Waals surface area contributed by atoms with Crippen LogP contribution in [0.3, 0.4) is 0 Å². The predicted molar refractivity (Wildman–Crippen MR) is 84.5 cm³/mol. The van der Waals surface area contributed by atoms with Crippen molar-refractivity contribution < 1.29 is 17.9 Å². The van der Waals surface area contributed by atoms with Gasteiger partial charge in [-0.25, -0.2) is 18.2 Å². The van der Waals surface area contributed by atoms with Crippen molar-refractivity contribution in [3.05, 3.63) is 70.8 Å². The molecule has 0 aliphatic rings. The first-order chi connectivity index (χ1) is 12.0. The highest BCUT2D eigenvalue weighted by atomic mass is 19.3. The topological polar surface area (TPSA) is 57.0 Å². The average molecular weight is 347 g/mol. The maximum absolute atomic E-state index is 13.5. The number of rotatable bonds is 4. The summed E-state index contributed by atoms with van der Waals surface area (Å²) in [5, 5.41) is 0. The van der Waals surface area contributed by atoms with Crippen molar-refractivity contribution in [2.75, 3.05) is 7.11 Å². The highest BCUT2D eigenvalue weighted by Crippen LogP contribution is 2.32. The fourth-order valence-corrected chi connectivity index (χ4v) is 2.33. The van der Waals surface area contributed by atoms with Gasteiger partial charge in [0, 0.05) is 18.0 Å². The molecule has 0 radical (unpaired) electrons. The van der Waals surface area contributed by atoms with Gasteiger partial charge < -0.3 is 4.74 Å². The van der Waals surface area contributed by atoms with Crippen molar-refractivity contribution in [2.24, 2.45) is 0 Å². The quantitative estimate of drug-likeness (QED) is 0.726. The highest BCUT2D eigenvalue weighted by Gasteiger charge is 2.15. The van der Waals surface area contributed by atoms with Gasteiger partial charge >= 0.3 is 0 Å². The Hall–Kier alpha value is -3.16. The van der Waals surface area contributed by atoms with Crippen molar-refractivity contribution in [1.29, 1.82) is 0 Å². The Balaban J connectivity index is 2.15. The molecule has 0 amide bonds. The third-order valence-electron chi connectivity index (χ3n) is 3.54. The zero-order valence-electron chi connectivity index (χ0n) is 13.0. The molecule has 0 N–H and O–H groups in total. The molecule has 3 aromatic heterocycles. The van der Waals surface area contributed by atoms with Gasteiger partial charge in [-0.3, -0.25) is 14.3 Å². The van der Waals surface area contributed by atoms with Crippen LogP contribution < -0.4 is 10.3 Å². The maximum atomic E-state index is 13.5. The van der Waals surface area contributed by atoms with Crippen LogP contribution in [0, 0.1) is 5.82 Å². The molecule has 0 saturated carbocycles. The molecule has 0 aromatic carbocycles. The molecule has 3 heterocycles. The SMILES string of the molecule is COc1cnc(C(F)F)cc1-c1ccnc(-n2cccc(F)c2=O)c1. The predicted octanol–water partition coefficient (Wildman–Crippen LogP) is 3.38. The first kappa shape index (κ1) is 16.7. The van der Waals surface area contributed by atoms with Crippen molar-refractivity contribution in [3.63, 3.8) is 0 Å². The Morgan fingerprint density at radius 2 is 2.00 bits per heavy atom. The van der Waals surface area contributed by atoms with Gasteiger partial charge in [0.1, 0.15) is 17.3 Å². The highest BCUT2D eigenvalue weighted by molar-refractivity contribution is 5.71. The van der Waals surface area contributed by atoms with Gasteiger partial charge in [-0.15, -0.1) is 0 Å². The van der Waals surface area contributed by atoms with Crippen LogP contribution in [0.2, 0.25) is 0 Å². The Morgan fingerprint density at radius 3 is 2.72 bits per heavy atom. The lowest BCUT2D eigenvalue weighted by molar-refractivity contribution is 0.146. The molecule has 8 heteroatoms. The molecule has 5 nitrogen and oxygen atoms in total. The second-order valence-corrected chi connectivity index (χ2v) is 5.04. The summed E-state index contributed by atoms with van der Waals surface area (Å²) >= 11 is 0. The van der Waals surface area contributed by atoms with Crippen molar-refractivity contribution in [2.45, 2.75) is 6.43 Å². The summed E-state index contributed by atoms with van der Waals surface area (Å²) in [6, 6.07) is 6.67. The molecule has 3 rings (SSSR count). The van der Waals surface area contributed by atoms with Gasteiger partial charge in [0.25, 0.3) is 12.0 Å². The minimum Gasteiger partial charge on any atom is -0.494 e. The van der Waals surface area contributed by atoms with Crippen molar-refractivity contribution >= 4 is 0 Å². The van der Waals surface area contributed by atoms with Gasteiger partial charge in [-0.1, -0.05) is 0 Å². The minimum atomic E-state index is -2.74. The normalized spacial score (nSPS) is 10.9. The molecule has 0 saturated heterocycles. The van der Waals surface area contributed by atoms with Crippen LogP contribution in [0.4, 0.5) is 13.2 Å². The van der Waals surface area contributed by atoms with Gasteiger partial charge in [0.05, 0.1) is 13.3 Å². The first-order valence-corrected chi connectivity index (χ1v) is 7.17. The molecule has 128 valence electrons. The Bertz CT molecular complexity index is 973.